The predicted octanol–water partition coefficient (Wildman–Crippen LogP) is 4.38. The zero-order valence-corrected chi connectivity index (χ0v) is 27.9. The van der Waals surface area contributed by atoms with Crippen LogP contribution in [0, 0.1) is 0 Å². The summed E-state index contributed by atoms with van der Waals surface area (Å²) >= 11 is 3.49. The van der Waals surface area contributed by atoms with E-state index in [0.717, 1.165) is 75.2 Å². The molecule has 2 aliphatic heterocycles. The van der Waals surface area contributed by atoms with E-state index in [9.17, 15) is 9.59 Å². The van der Waals surface area contributed by atoms with E-state index in [4.69, 9.17) is 5.84 Å². The first kappa shape index (κ1) is 36.4. The average Bonchev–Trinajstić information content (AvgIpc) is 3.01. The van der Waals surface area contributed by atoms with Crippen LogP contribution in [-0.4, -0.2) is 69.1 Å². The lowest BCUT2D eigenvalue weighted by Gasteiger charge is -2.35. The Morgan fingerprint density at radius 1 is 0.767 bits per heavy atom. The molecule has 0 radical (unpaired) electrons. The minimum absolute atomic E-state index is 0. The molecule has 0 atom stereocenters. The fourth-order valence-electron chi connectivity index (χ4n) is 5.13. The number of hydrogen-bond acceptors (Lipinski definition) is 6. The summed E-state index contributed by atoms with van der Waals surface area (Å²) in [5.74, 6) is 5.10. The zero-order chi connectivity index (χ0) is 29.0. The van der Waals surface area contributed by atoms with E-state index in [1.165, 1.54) is 22.5 Å². The third-order valence-electron chi connectivity index (χ3n) is 7.54. The van der Waals surface area contributed by atoms with Crippen molar-refractivity contribution in [3.8, 4) is 0 Å². The lowest BCUT2D eigenvalue weighted by molar-refractivity contribution is -0.129. The summed E-state index contributed by atoms with van der Waals surface area (Å²) in [7, 11) is 0. The number of hydrogen-bond donors (Lipinski definition) is 3. The molecule has 43 heavy (non-hydrogen) atoms. The first-order valence-electron chi connectivity index (χ1n) is 14.3. The van der Waals surface area contributed by atoms with Gasteiger partial charge in [-0.15, -0.1) is 24.8 Å². The number of anilines is 2. The number of hydrazine groups is 1. The molecule has 0 bridgehead atoms. The Hall–Kier alpha value is -2.82. The Bertz CT molecular complexity index is 1280. The van der Waals surface area contributed by atoms with Crippen LogP contribution in [0.1, 0.15) is 23.6 Å². The van der Waals surface area contributed by atoms with E-state index < -0.39 is 0 Å². The van der Waals surface area contributed by atoms with E-state index in [1.54, 1.807) is 6.92 Å². The summed E-state index contributed by atoms with van der Waals surface area (Å²) in [6, 6.07) is 25.3. The normalized spacial score (nSPS) is 14.4. The second kappa shape index (κ2) is 18.8. The van der Waals surface area contributed by atoms with Crippen LogP contribution in [-0.2, 0) is 28.9 Å². The van der Waals surface area contributed by atoms with Gasteiger partial charge in [0.05, 0.1) is 6.42 Å². The first-order valence-corrected chi connectivity index (χ1v) is 15.1. The van der Waals surface area contributed by atoms with Crippen molar-refractivity contribution in [3.05, 3.63) is 94.0 Å². The van der Waals surface area contributed by atoms with E-state index in [1.807, 2.05) is 17.0 Å². The number of nitrogens with two attached hydrogens (primary N) is 1. The number of halogens is 3. The molecule has 2 heterocycles. The van der Waals surface area contributed by atoms with Crippen molar-refractivity contribution in [3.63, 3.8) is 0 Å². The molecule has 4 N–H and O–H groups in total. The Balaban J connectivity index is 0.000000362. The molecule has 8 nitrogen and oxygen atoms in total. The highest BCUT2D eigenvalue weighted by molar-refractivity contribution is 9.10. The molecule has 0 unspecified atom stereocenters. The SMILES string of the molecule is Brc1cccc(N2CCNCC2)c1.CC(=O)N1CCN(c2cccc(CCc3ccc(CC(=O)NN)cc3)c2)CC1.Cl.Cl. The van der Waals surface area contributed by atoms with Crippen LogP contribution in [0.2, 0.25) is 0 Å². The Morgan fingerprint density at radius 2 is 1.33 bits per heavy atom. The summed E-state index contributed by atoms with van der Waals surface area (Å²) in [5.41, 5.74) is 8.20. The van der Waals surface area contributed by atoms with E-state index >= 15 is 0 Å². The number of nitrogens with one attached hydrogen (secondary N) is 2. The lowest BCUT2D eigenvalue weighted by atomic mass is 10.0. The maximum absolute atomic E-state index is 11.5. The van der Waals surface area contributed by atoms with Crippen molar-refractivity contribution < 1.29 is 9.59 Å². The highest BCUT2D eigenvalue weighted by Crippen LogP contribution is 2.21. The first-order chi connectivity index (χ1) is 19.9. The van der Waals surface area contributed by atoms with Gasteiger partial charge in [0, 0.05) is 75.1 Å². The summed E-state index contributed by atoms with van der Waals surface area (Å²) in [4.78, 5) is 29.5. The quantitative estimate of drug-likeness (QED) is 0.193. The number of carbonyl (C=O) groups excluding carboxylic acids is 2. The van der Waals surface area contributed by atoms with Crippen molar-refractivity contribution in [2.45, 2.75) is 26.2 Å². The molecule has 2 aliphatic rings. The van der Waals surface area contributed by atoms with Crippen LogP contribution in [0.4, 0.5) is 11.4 Å². The number of piperazine rings is 2. The fourth-order valence-corrected chi connectivity index (χ4v) is 5.52. The van der Waals surface area contributed by atoms with Crippen LogP contribution in [0.25, 0.3) is 0 Å². The van der Waals surface area contributed by atoms with Gasteiger partial charge in [0.1, 0.15) is 0 Å². The standard InChI is InChI=1S/C22H28N4O2.C10H13BrN2.2ClH/c1-17(27)25-11-13-26(14-12-25)21-4-2-3-19(15-21)8-5-18-6-9-20(10-7-18)16-22(28)24-23;11-9-2-1-3-10(8-9)13-6-4-12-5-7-13;;/h2-4,6-7,9-10,15H,5,8,11-14,16,23H2,1H3,(H,24,28);1-3,8,12H,4-7H2;2*1H. The molecular weight excluding hydrogens is 651 g/mol. The Morgan fingerprint density at radius 3 is 1.93 bits per heavy atom. The van der Waals surface area contributed by atoms with E-state index in [2.05, 4.69) is 97.1 Å². The fraction of sp³-hybridized carbons (Fsp3) is 0.375. The Labute approximate surface area is 276 Å². The third kappa shape index (κ3) is 11.7. The third-order valence-corrected chi connectivity index (χ3v) is 8.04. The van der Waals surface area contributed by atoms with Gasteiger partial charge in [-0.2, -0.15) is 0 Å². The average molecular weight is 695 g/mol. The molecule has 11 heteroatoms. The Kier molecular flexibility index (Phi) is 15.9. The van der Waals surface area contributed by atoms with Gasteiger partial charge in [-0.1, -0.05) is 58.4 Å². The smallest absolute Gasteiger partial charge is 0.238 e. The summed E-state index contributed by atoms with van der Waals surface area (Å²) in [5, 5.41) is 3.35. The summed E-state index contributed by atoms with van der Waals surface area (Å²) in [6.45, 7) is 9.35. The number of carbonyl (C=O) groups is 2. The number of amides is 2. The highest BCUT2D eigenvalue weighted by atomic mass is 79.9. The van der Waals surface area contributed by atoms with Crippen LogP contribution >= 0.6 is 40.7 Å². The molecule has 2 fully saturated rings. The van der Waals surface area contributed by atoms with Crippen LogP contribution < -0.4 is 26.4 Å². The topological polar surface area (TPSA) is 93.9 Å². The summed E-state index contributed by atoms with van der Waals surface area (Å²) in [6.07, 6.45) is 2.21. The van der Waals surface area contributed by atoms with Gasteiger partial charge in [0.25, 0.3) is 0 Å². The van der Waals surface area contributed by atoms with Gasteiger partial charge in [-0.3, -0.25) is 15.0 Å². The van der Waals surface area contributed by atoms with Gasteiger partial charge >= 0.3 is 0 Å². The minimum atomic E-state index is -0.186. The molecule has 2 amide bonds. The predicted molar refractivity (Wildman–Crippen MR) is 185 cm³/mol. The lowest BCUT2D eigenvalue weighted by Crippen LogP contribution is -2.48. The van der Waals surface area contributed by atoms with Crippen molar-refractivity contribution in [1.82, 2.24) is 15.6 Å². The van der Waals surface area contributed by atoms with Crippen LogP contribution in [0.3, 0.4) is 0 Å². The van der Waals surface area contributed by atoms with Crippen molar-refractivity contribution in [1.29, 1.82) is 0 Å². The highest BCUT2D eigenvalue weighted by Gasteiger charge is 2.18. The van der Waals surface area contributed by atoms with E-state index in [0.29, 0.717) is 6.42 Å². The molecule has 0 saturated carbocycles. The molecule has 5 rings (SSSR count). The van der Waals surface area contributed by atoms with Gasteiger partial charge in [-0.05, 0) is 59.9 Å². The van der Waals surface area contributed by atoms with E-state index in [-0.39, 0.29) is 36.6 Å². The molecule has 234 valence electrons. The maximum Gasteiger partial charge on any atom is 0.238 e. The molecule has 3 aromatic carbocycles. The zero-order valence-electron chi connectivity index (χ0n) is 24.6. The second-order valence-corrected chi connectivity index (χ2v) is 11.4. The number of rotatable bonds is 7. The van der Waals surface area contributed by atoms with Gasteiger partial charge < -0.3 is 20.0 Å². The minimum Gasteiger partial charge on any atom is -0.369 e. The van der Waals surface area contributed by atoms with Crippen molar-refractivity contribution in [2.24, 2.45) is 5.84 Å². The molecule has 0 aromatic heterocycles. The van der Waals surface area contributed by atoms with Gasteiger partial charge in [0.15, 0.2) is 0 Å². The van der Waals surface area contributed by atoms with Crippen LogP contribution in [0.5, 0.6) is 0 Å². The molecule has 0 spiro atoms. The van der Waals surface area contributed by atoms with Gasteiger partial charge in [-0.25, -0.2) is 5.84 Å². The van der Waals surface area contributed by atoms with Crippen LogP contribution in [0.15, 0.2) is 77.3 Å². The second-order valence-electron chi connectivity index (χ2n) is 10.4. The van der Waals surface area contributed by atoms with Gasteiger partial charge in [0.2, 0.25) is 11.8 Å². The maximum atomic E-state index is 11.5. The largest absolute Gasteiger partial charge is 0.369 e. The molecule has 3 aromatic rings. The molecule has 0 aliphatic carbocycles. The number of benzene rings is 3. The van der Waals surface area contributed by atoms with Crippen molar-refractivity contribution in [2.75, 3.05) is 62.2 Å². The monoisotopic (exact) mass is 692 g/mol. The molecular formula is C32H43BrCl2N6O2. The van der Waals surface area contributed by atoms with Crippen molar-refractivity contribution >= 4 is 63.9 Å². The number of nitrogens with zero attached hydrogens (tertiary/aromatic N) is 3. The number of aryl methyl sites for hydroxylation is 2. The summed E-state index contributed by atoms with van der Waals surface area (Å²) < 4.78 is 1.16. The molecule has 2 saturated heterocycles.